The summed E-state index contributed by atoms with van der Waals surface area (Å²) in [5.41, 5.74) is 0.865. The Labute approximate surface area is 112 Å². The van der Waals surface area contributed by atoms with Crippen molar-refractivity contribution in [3.8, 4) is 0 Å². The lowest BCUT2D eigenvalue weighted by Gasteiger charge is -2.09. The van der Waals surface area contributed by atoms with Gasteiger partial charge in [0.25, 0.3) is 11.8 Å². The first kappa shape index (κ1) is 11.0. The molecule has 2 aromatic rings. The molecular formula is C14H8N2O4. The Hall–Kier alpha value is -2.89. The number of hydrogen-bond donors (Lipinski definition) is 1. The fourth-order valence-corrected chi connectivity index (χ4v) is 2.49. The highest BCUT2D eigenvalue weighted by atomic mass is 16.3. The van der Waals surface area contributed by atoms with Crippen molar-refractivity contribution in [2.45, 2.75) is 6.04 Å². The summed E-state index contributed by atoms with van der Waals surface area (Å²) in [7, 11) is 0. The second kappa shape index (κ2) is 3.80. The van der Waals surface area contributed by atoms with Crippen LogP contribution in [0.15, 0.2) is 61.8 Å². The third-order valence-corrected chi connectivity index (χ3v) is 3.32. The van der Waals surface area contributed by atoms with Crippen molar-refractivity contribution in [2.24, 2.45) is 4.99 Å². The van der Waals surface area contributed by atoms with Crippen molar-refractivity contribution in [2.75, 3.05) is 0 Å². The van der Waals surface area contributed by atoms with Crippen LogP contribution in [0.25, 0.3) is 0 Å². The van der Waals surface area contributed by atoms with E-state index in [0.717, 1.165) is 0 Å². The molecule has 0 saturated heterocycles. The number of nitrogens with zero attached hydrogens (tertiary/aromatic N) is 1. The molecule has 0 saturated carbocycles. The van der Waals surface area contributed by atoms with E-state index in [1.807, 2.05) is 0 Å². The van der Waals surface area contributed by atoms with Gasteiger partial charge in [-0.25, -0.2) is 4.99 Å². The standard InChI is InChI=1S/C14H8N2O4/c17-13-9-10(12(16-13)8-4-2-6-20-8)14(18)15-11(9)7-3-1-5-19-7/h1-6,11H,(H,15,18). The van der Waals surface area contributed by atoms with Gasteiger partial charge in [-0.2, -0.15) is 0 Å². The zero-order valence-corrected chi connectivity index (χ0v) is 10.1. The summed E-state index contributed by atoms with van der Waals surface area (Å²) in [5.74, 6) is 0.125. The molecule has 4 heterocycles. The van der Waals surface area contributed by atoms with Crippen LogP contribution < -0.4 is 5.32 Å². The molecule has 6 nitrogen and oxygen atoms in total. The largest absolute Gasteiger partial charge is 0.467 e. The van der Waals surface area contributed by atoms with Crippen molar-refractivity contribution >= 4 is 17.5 Å². The minimum Gasteiger partial charge on any atom is -0.467 e. The van der Waals surface area contributed by atoms with Gasteiger partial charge < -0.3 is 14.2 Å². The molecule has 1 N–H and O–H groups in total. The number of rotatable bonds is 2. The van der Waals surface area contributed by atoms with Gasteiger partial charge in [0.05, 0.1) is 23.7 Å². The summed E-state index contributed by atoms with van der Waals surface area (Å²) >= 11 is 0. The number of furan rings is 2. The summed E-state index contributed by atoms with van der Waals surface area (Å²) in [6.45, 7) is 0. The van der Waals surface area contributed by atoms with E-state index in [2.05, 4.69) is 10.3 Å². The number of aliphatic imine (C=N–C) groups is 1. The first-order chi connectivity index (χ1) is 9.75. The fraction of sp³-hybridized carbons (Fsp3) is 0.0714. The summed E-state index contributed by atoms with van der Waals surface area (Å²) in [6, 6.07) is 6.16. The lowest BCUT2D eigenvalue weighted by molar-refractivity contribution is -0.116. The van der Waals surface area contributed by atoms with E-state index < -0.39 is 11.9 Å². The van der Waals surface area contributed by atoms with Gasteiger partial charge in [-0.1, -0.05) is 0 Å². The van der Waals surface area contributed by atoms with Crippen molar-refractivity contribution in [1.29, 1.82) is 0 Å². The Morgan fingerprint density at radius 3 is 2.60 bits per heavy atom. The summed E-state index contributed by atoms with van der Waals surface area (Å²) in [5, 5.41) is 2.73. The molecule has 1 unspecified atom stereocenters. The van der Waals surface area contributed by atoms with Crippen LogP contribution in [0.1, 0.15) is 17.6 Å². The van der Waals surface area contributed by atoms with E-state index >= 15 is 0 Å². The van der Waals surface area contributed by atoms with Crippen LogP contribution in [0, 0.1) is 0 Å². The Balaban J connectivity index is 1.85. The molecule has 0 aliphatic carbocycles. The summed E-state index contributed by atoms with van der Waals surface area (Å²) in [4.78, 5) is 28.2. The predicted octanol–water partition coefficient (Wildman–Crippen LogP) is 1.37. The van der Waals surface area contributed by atoms with Crippen LogP contribution >= 0.6 is 0 Å². The Morgan fingerprint density at radius 2 is 1.90 bits per heavy atom. The number of nitrogens with one attached hydrogen (secondary N) is 1. The van der Waals surface area contributed by atoms with Gasteiger partial charge in [-0.05, 0) is 24.3 Å². The Kier molecular flexibility index (Phi) is 2.09. The Bertz CT molecular complexity index is 766. The van der Waals surface area contributed by atoms with Gasteiger partial charge in [0, 0.05) is 0 Å². The van der Waals surface area contributed by atoms with Crippen molar-refractivity contribution in [3.05, 3.63) is 59.5 Å². The molecule has 2 aliphatic heterocycles. The molecule has 0 spiro atoms. The lowest BCUT2D eigenvalue weighted by atomic mass is 10.0. The minimum absolute atomic E-state index is 0.270. The SMILES string of the molecule is O=C1N=C(c2ccco2)C2=C1C(c1ccco1)NC2=O. The second-order valence-electron chi connectivity index (χ2n) is 4.45. The lowest BCUT2D eigenvalue weighted by Crippen LogP contribution is -2.25. The molecule has 1 atom stereocenters. The summed E-state index contributed by atoms with van der Waals surface area (Å²) < 4.78 is 10.5. The van der Waals surface area contributed by atoms with Gasteiger partial charge >= 0.3 is 0 Å². The first-order valence-corrected chi connectivity index (χ1v) is 6.01. The maximum Gasteiger partial charge on any atom is 0.277 e. The molecule has 0 fully saturated rings. The molecule has 0 radical (unpaired) electrons. The highest BCUT2D eigenvalue weighted by Gasteiger charge is 2.45. The number of hydrogen-bond acceptors (Lipinski definition) is 4. The molecule has 20 heavy (non-hydrogen) atoms. The van der Waals surface area contributed by atoms with Gasteiger partial charge in [-0.15, -0.1) is 0 Å². The van der Waals surface area contributed by atoms with Gasteiger partial charge in [0.1, 0.15) is 17.5 Å². The molecule has 0 bridgehead atoms. The molecule has 2 aliphatic rings. The van der Waals surface area contributed by atoms with E-state index in [4.69, 9.17) is 8.83 Å². The maximum absolute atomic E-state index is 12.1. The molecule has 98 valence electrons. The first-order valence-electron chi connectivity index (χ1n) is 6.01. The van der Waals surface area contributed by atoms with Crippen molar-refractivity contribution in [1.82, 2.24) is 5.32 Å². The molecule has 6 heteroatoms. The summed E-state index contributed by atoms with van der Waals surface area (Å²) in [6.07, 6.45) is 2.96. The molecule has 4 rings (SSSR count). The van der Waals surface area contributed by atoms with Crippen LogP contribution in [0.3, 0.4) is 0 Å². The zero-order valence-electron chi connectivity index (χ0n) is 10.1. The Morgan fingerprint density at radius 1 is 1.10 bits per heavy atom. The normalized spacial score (nSPS) is 21.2. The van der Waals surface area contributed by atoms with E-state index in [1.54, 1.807) is 24.3 Å². The van der Waals surface area contributed by atoms with Crippen molar-refractivity contribution in [3.63, 3.8) is 0 Å². The highest BCUT2D eigenvalue weighted by molar-refractivity contribution is 6.38. The molecular weight excluding hydrogens is 260 g/mol. The quantitative estimate of drug-likeness (QED) is 0.891. The van der Waals surface area contributed by atoms with Gasteiger partial charge in [-0.3, -0.25) is 9.59 Å². The fourth-order valence-electron chi connectivity index (χ4n) is 2.49. The van der Waals surface area contributed by atoms with E-state index in [0.29, 0.717) is 17.1 Å². The number of carbonyl (C=O) groups is 2. The van der Waals surface area contributed by atoms with Crippen molar-refractivity contribution < 1.29 is 18.4 Å². The average Bonchev–Trinajstić information content (AvgIpc) is 3.17. The maximum atomic E-state index is 12.1. The predicted molar refractivity (Wildman–Crippen MR) is 66.9 cm³/mol. The van der Waals surface area contributed by atoms with Crippen LogP contribution in [0.2, 0.25) is 0 Å². The average molecular weight is 268 g/mol. The number of amides is 2. The number of carbonyl (C=O) groups excluding carboxylic acids is 2. The van der Waals surface area contributed by atoms with Gasteiger partial charge in [0.2, 0.25) is 0 Å². The van der Waals surface area contributed by atoms with Crippen LogP contribution in [0.4, 0.5) is 0 Å². The molecule has 2 aromatic heterocycles. The van der Waals surface area contributed by atoms with Crippen LogP contribution in [-0.4, -0.2) is 17.5 Å². The third kappa shape index (κ3) is 1.36. The topological polar surface area (TPSA) is 84.8 Å². The monoisotopic (exact) mass is 268 g/mol. The second-order valence-corrected chi connectivity index (χ2v) is 4.45. The van der Waals surface area contributed by atoms with Crippen LogP contribution in [0.5, 0.6) is 0 Å². The molecule has 2 amide bonds. The smallest absolute Gasteiger partial charge is 0.277 e. The third-order valence-electron chi connectivity index (χ3n) is 3.32. The minimum atomic E-state index is -0.587. The van der Waals surface area contributed by atoms with Gasteiger partial charge in [0.15, 0.2) is 5.76 Å². The van der Waals surface area contributed by atoms with E-state index in [1.165, 1.54) is 12.5 Å². The van der Waals surface area contributed by atoms with E-state index in [-0.39, 0.29) is 17.2 Å². The highest BCUT2D eigenvalue weighted by Crippen LogP contribution is 2.36. The van der Waals surface area contributed by atoms with Crippen LogP contribution in [-0.2, 0) is 9.59 Å². The molecule has 0 aromatic carbocycles. The van der Waals surface area contributed by atoms with E-state index in [9.17, 15) is 9.59 Å². The zero-order chi connectivity index (χ0) is 13.7.